The van der Waals surface area contributed by atoms with Gasteiger partial charge in [-0.2, -0.15) is 0 Å². The van der Waals surface area contributed by atoms with Gasteiger partial charge in [0.05, 0.1) is 0 Å². The van der Waals surface area contributed by atoms with E-state index in [9.17, 15) is 0 Å². The molecule has 0 heterocycles. The van der Waals surface area contributed by atoms with Crippen LogP contribution in [-0.2, 0) is 4.43 Å². The highest BCUT2D eigenvalue weighted by Crippen LogP contribution is 2.66. The molecule has 4 aliphatic carbocycles. The Bertz CT molecular complexity index is 1000. The van der Waals surface area contributed by atoms with E-state index in [1.807, 2.05) is 5.57 Å². The van der Waals surface area contributed by atoms with Crippen molar-refractivity contribution in [1.29, 1.82) is 0 Å². The largest absolute Gasteiger partial charge is 0.414 e. The third-order valence-electron chi connectivity index (χ3n) is 13.1. The van der Waals surface area contributed by atoms with Crippen LogP contribution >= 0.6 is 0 Å². The molecular weight excluding hydrogens is 488 g/mol. The number of hydrogen-bond acceptors (Lipinski definition) is 1. The SMILES string of the molecule is CCC(C)(/C=C/C=C/[C@H](C)[C@H]1CC[C@H]2C3=CC=C4CC(O[Si](C)(C)C(C)(C)C)CC[C@]4(C)[C@H]3CC[C@]12C)CC. The van der Waals surface area contributed by atoms with Gasteiger partial charge in [-0.1, -0.05) is 110 Å². The van der Waals surface area contributed by atoms with Crippen LogP contribution in [0.5, 0.6) is 0 Å². The standard InChI is InChI=1S/C37H62OSi/c1-12-35(7,13-2)23-15-14-16-27(3)31-19-20-32-30-18-17-28-26-29(38-39(10,11)34(4,5)6)21-24-36(28,8)33(30)22-25-37(31,32)9/h14-18,23,27,29,31-33H,12-13,19-22,24-26H2,1-11H3/b16-14+,23-15+/t27-,29?,31+,32-,33-,36-,37+/m0/s1. The Morgan fingerprint density at radius 3 is 2.28 bits per heavy atom. The van der Waals surface area contributed by atoms with E-state index in [-0.39, 0.29) is 5.04 Å². The summed E-state index contributed by atoms with van der Waals surface area (Å²) in [7, 11) is -1.73. The van der Waals surface area contributed by atoms with E-state index < -0.39 is 8.32 Å². The third-order valence-corrected chi connectivity index (χ3v) is 17.7. The summed E-state index contributed by atoms with van der Waals surface area (Å²) < 4.78 is 6.94. The van der Waals surface area contributed by atoms with E-state index in [4.69, 9.17) is 4.43 Å². The first-order valence-corrected chi connectivity index (χ1v) is 19.5. The molecule has 0 aliphatic heterocycles. The Morgan fingerprint density at radius 1 is 0.949 bits per heavy atom. The molecule has 0 aromatic heterocycles. The van der Waals surface area contributed by atoms with Crippen molar-refractivity contribution in [3.8, 4) is 0 Å². The van der Waals surface area contributed by atoms with Gasteiger partial charge in [-0.3, -0.25) is 0 Å². The predicted molar refractivity (Wildman–Crippen MR) is 173 cm³/mol. The number of hydrogen-bond donors (Lipinski definition) is 0. The van der Waals surface area contributed by atoms with Crippen molar-refractivity contribution >= 4 is 8.32 Å². The Kier molecular flexibility index (Phi) is 8.84. The lowest BCUT2D eigenvalue weighted by Gasteiger charge is -2.55. The number of fused-ring (bicyclic) bond motifs is 5. The molecule has 39 heavy (non-hydrogen) atoms. The maximum atomic E-state index is 6.94. The minimum Gasteiger partial charge on any atom is -0.414 e. The van der Waals surface area contributed by atoms with Gasteiger partial charge in [0.15, 0.2) is 8.32 Å². The summed E-state index contributed by atoms with van der Waals surface area (Å²) >= 11 is 0. The highest BCUT2D eigenvalue weighted by Gasteiger charge is 2.57. The average Bonchev–Trinajstić information content (AvgIpc) is 3.23. The summed E-state index contributed by atoms with van der Waals surface area (Å²) in [4.78, 5) is 0. The van der Waals surface area contributed by atoms with Crippen LogP contribution in [0.3, 0.4) is 0 Å². The molecule has 4 aliphatic rings. The Labute approximate surface area is 244 Å². The highest BCUT2D eigenvalue weighted by molar-refractivity contribution is 6.74. The second kappa shape index (κ2) is 11.1. The summed E-state index contributed by atoms with van der Waals surface area (Å²) in [5, 5.41) is 0.281. The van der Waals surface area contributed by atoms with Crippen molar-refractivity contribution in [2.45, 2.75) is 144 Å². The first kappa shape index (κ1) is 31.1. The molecule has 1 unspecified atom stereocenters. The molecule has 0 aromatic carbocycles. The average molecular weight is 551 g/mol. The van der Waals surface area contributed by atoms with E-state index in [2.05, 4.69) is 112 Å². The molecule has 0 bridgehead atoms. The van der Waals surface area contributed by atoms with Crippen molar-refractivity contribution < 1.29 is 4.43 Å². The van der Waals surface area contributed by atoms with Crippen LogP contribution in [0.2, 0.25) is 18.1 Å². The lowest BCUT2D eigenvalue weighted by molar-refractivity contribution is 0.0406. The van der Waals surface area contributed by atoms with Gasteiger partial charge in [-0.25, -0.2) is 0 Å². The van der Waals surface area contributed by atoms with E-state index in [0.29, 0.717) is 28.3 Å². The van der Waals surface area contributed by atoms with Crippen molar-refractivity contribution in [3.05, 3.63) is 47.6 Å². The minimum absolute atomic E-state index is 0.281. The van der Waals surface area contributed by atoms with Gasteiger partial charge in [0.1, 0.15) is 0 Å². The van der Waals surface area contributed by atoms with Gasteiger partial charge in [0.25, 0.3) is 0 Å². The lowest BCUT2D eigenvalue weighted by atomic mass is 9.50. The summed E-state index contributed by atoms with van der Waals surface area (Å²) in [6.45, 7) is 26.7. The molecule has 2 heteroatoms. The molecule has 0 aromatic rings. The van der Waals surface area contributed by atoms with Gasteiger partial charge >= 0.3 is 0 Å². The molecule has 7 atom stereocenters. The van der Waals surface area contributed by atoms with Crippen LogP contribution in [0.4, 0.5) is 0 Å². The van der Waals surface area contributed by atoms with Gasteiger partial charge in [-0.15, -0.1) is 0 Å². The van der Waals surface area contributed by atoms with E-state index in [1.54, 1.807) is 5.57 Å². The van der Waals surface area contributed by atoms with Crippen molar-refractivity contribution in [3.63, 3.8) is 0 Å². The monoisotopic (exact) mass is 550 g/mol. The molecule has 1 nitrogen and oxygen atoms in total. The smallest absolute Gasteiger partial charge is 0.192 e. The molecule has 0 radical (unpaired) electrons. The third kappa shape index (κ3) is 5.77. The molecule has 3 saturated carbocycles. The summed E-state index contributed by atoms with van der Waals surface area (Å²) in [6.07, 6.45) is 26.9. The van der Waals surface area contributed by atoms with Crippen LogP contribution in [-0.4, -0.2) is 14.4 Å². The molecule has 0 spiro atoms. The number of rotatable bonds is 8. The van der Waals surface area contributed by atoms with E-state index >= 15 is 0 Å². The first-order valence-electron chi connectivity index (χ1n) is 16.5. The highest BCUT2D eigenvalue weighted by atomic mass is 28.4. The number of allylic oxidation sites excluding steroid dienone is 7. The topological polar surface area (TPSA) is 9.23 Å². The minimum atomic E-state index is -1.73. The first-order chi connectivity index (χ1) is 18.1. The van der Waals surface area contributed by atoms with E-state index in [1.165, 1.54) is 51.4 Å². The fraction of sp³-hybridized carbons (Fsp3) is 0.784. The summed E-state index contributed by atoms with van der Waals surface area (Å²) in [5.41, 5.74) is 4.64. The van der Waals surface area contributed by atoms with Gasteiger partial charge in [0, 0.05) is 6.10 Å². The molecule has 220 valence electrons. The van der Waals surface area contributed by atoms with Crippen molar-refractivity contribution in [2.24, 2.45) is 39.9 Å². The van der Waals surface area contributed by atoms with E-state index in [0.717, 1.165) is 24.2 Å². The molecular formula is C37H62OSi. The van der Waals surface area contributed by atoms with Crippen molar-refractivity contribution in [1.82, 2.24) is 0 Å². The fourth-order valence-corrected chi connectivity index (χ4v) is 10.1. The molecule has 0 amide bonds. The van der Waals surface area contributed by atoms with Crippen LogP contribution in [0, 0.1) is 39.9 Å². The Morgan fingerprint density at radius 2 is 1.64 bits per heavy atom. The van der Waals surface area contributed by atoms with Crippen LogP contribution in [0.25, 0.3) is 0 Å². The van der Waals surface area contributed by atoms with Gasteiger partial charge < -0.3 is 4.43 Å². The second-order valence-corrected chi connectivity index (χ2v) is 21.1. The maximum absolute atomic E-state index is 6.94. The molecule has 4 rings (SSSR count). The quantitative estimate of drug-likeness (QED) is 0.216. The zero-order valence-electron chi connectivity index (χ0n) is 27.6. The Hall–Kier alpha value is -0.863. The summed E-state index contributed by atoms with van der Waals surface area (Å²) in [6, 6.07) is 0. The maximum Gasteiger partial charge on any atom is 0.192 e. The van der Waals surface area contributed by atoms with Gasteiger partial charge in [0.2, 0.25) is 0 Å². The summed E-state index contributed by atoms with van der Waals surface area (Å²) in [5.74, 6) is 2.96. The zero-order valence-corrected chi connectivity index (χ0v) is 28.6. The second-order valence-electron chi connectivity index (χ2n) is 16.3. The molecule has 3 fully saturated rings. The lowest BCUT2D eigenvalue weighted by Crippen LogP contribution is -2.49. The van der Waals surface area contributed by atoms with Crippen molar-refractivity contribution in [2.75, 3.05) is 0 Å². The van der Waals surface area contributed by atoms with Crippen LogP contribution < -0.4 is 0 Å². The fourth-order valence-electron chi connectivity index (χ4n) is 8.71. The normalized spacial score (nSPS) is 36.4. The molecule has 0 saturated heterocycles. The van der Waals surface area contributed by atoms with Gasteiger partial charge in [-0.05, 0) is 116 Å². The molecule has 0 N–H and O–H groups in total. The van der Waals surface area contributed by atoms with Crippen LogP contribution in [0.1, 0.15) is 120 Å². The zero-order chi connectivity index (χ0) is 28.9. The predicted octanol–water partition coefficient (Wildman–Crippen LogP) is 11.5. The Balaban J connectivity index is 1.48. The van der Waals surface area contributed by atoms with Crippen LogP contribution in [0.15, 0.2) is 47.6 Å².